The maximum Gasteiger partial charge on any atom is 0.276 e. The molecule has 0 radical (unpaired) electrons. The summed E-state index contributed by atoms with van der Waals surface area (Å²) in [7, 11) is 0. The number of amides is 1. The fraction of sp³-hybridized carbons (Fsp3) is 0.261. The summed E-state index contributed by atoms with van der Waals surface area (Å²) in [5, 5.41) is 2.94. The Labute approximate surface area is 168 Å². The van der Waals surface area contributed by atoms with Crippen LogP contribution in [-0.2, 0) is 6.54 Å². The highest BCUT2D eigenvalue weighted by atomic mass is 16.1. The Morgan fingerprint density at radius 1 is 1.07 bits per heavy atom. The molecule has 0 spiro atoms. The van der Waals surface area contributed by atoms with Crippen molar-refractivity contribution in [2.45, 2.75) is 26.8 Å². The minimum Gasteiger partial charge on any atom is -0.352 e. The average Bonchev–Trinajstić information content (AvgIpc) is 3.21. The molecule has 0 aliphatic heterocycles. The van der Waals surface area contributed by atoms with Gasteiger partial charge in [0, 0.05) is 24.5 Å². The van der Waals surface area contributed by atoms with Crippen LogP contribution >= 0.6 is 0 Å². The summed E-state index contributed by atoms with van der Waals surface area (Å²) in [5.74, 6) is 0.480. The van der Waals surface area contributed by atoms with E-state index in [0.717, 1.165) is 17.5 Å². The van der Waals surface area contributed by atoms with E-state index in [1.807, 2.05) is 47.0 Å². The molecule has 0 bridgehead atoms. The molecule has 6 heteroatoms. The maximum absolute atomic E-state index is 13.0. The van der Waals surface area contributed by atoms with E-state index in [4.69, 9.17) is 0 Å². The lowest BCUT2D eigenvalue weighted by Crippen LogP contribution is -2.25. The molecule has 4 aromatic rings. The van der Waals surface area contributed by atoms with E-state index in [9.17, 15) is 9.59 Å². The summed E-state index contributed by atoms with van der Waals surface area (Å²) in [5.41, 5.74) is 3.61. The van der Waals surface area contributed by atoms with E-state index in [-0.39, 0.29) is 11.5 Å². The smallest absolute Gasteiger partial charge is 0.276 e. The van der Waals surface area contributed by atoms with E-state index in [1.54, 1.807) is 22.9 Å². The van der Waals surface area contributed by atoms with Crippen LogP contribution < -0.4 is 10.9 Å². The van der Waals surface area contributed by atoms with Crippen LogP contribution in [0.4, 0.5) is 0 Å². The number of pyridine rings is 1. The van der Waals surface area contributed by atoms with Crippen LogP contribution in [0.25, 0.3) is 16.7 Å². The summed E-state index contributed by atoms with van der Waals surface area (Å²) in [4.78, 5) is 29.7. The SMILES string of the molecule is CC(C)CCNC(=O)c1ccc(Cn2c(=O)c3cccn3c3cccnc32)cc1. The van der Waals surface area contributed by atoms with Crippen LogP contribution in [0.3, 0.4) is 0 Å². The van der Waals surface area contributed by atoms with Crippen LogP contribution in [0.5, 0.6) is 0 Å². The van der Waals surface area contributed by atoms with Gasteiger partial charge in [-0.25, -0.2) is 4.98 Å². The average molecular weight is 388 g/mol. The van der Waals surface area contributed by atoms with Gasteiger partial charge in [0.25, 0.3) is 11.5 Å². The van der Waals surface area contributed by atoms with Crippen molar-refractivity contribution in [3.05, 3.63) is 82.4 Å². The van der Waals surface area contributed by atoms with Crippen molar-refractivity contribution in [1.29, 1.82) is 0 Å². The first kappa shape index (κ1) is 18.9. The third-order valence-corrected chi connectivity index (χ3v) is 5.06. The van der Waals surface area contributed by atoms with Gasteiger partial charge < -0.3 is 9.72 Å². The van der Waals surface area contributed by atoms with E-state index < -0.39 is 0 Å². The summed E-state index contributed by atoms with van der Waals surface area (Å²) in [6.45, 7) is 5.32. The number of nitrogens with one attached hydrogen (secondary N) is 1. The molecular formula is C23H24N4O2. The van der Waals surface area contributed by atoms with Crippen molar-refractivity contribution < 1.29 is 4.79 Å². The lowest BCUT2D eigenvalue weighted by Gasteiger charge is -2.12. The first-order chi connectivity index (χ1) is 14.0. The highest BCUT2D eigenvalue weighted by molar-refractivity contribution is 5.94. The zero-order valence-electron chi connectivity index (χ0n) is 16.6. The summed E-state index contributed by atoms with van der Waals surface area (Å²) in [6, 6.07) is 14.9. The Morgan fingerprint density at radius 2 is 1.83 bits per heavy atom. The fourth-order valence-electron chi connectivity index (χ4n) is 3.45. The number of carbonyl (C=O) groups is 1. The van der Waals surface area contributed by atoms with Crippen LogP contribution in [-0.4, -0.2) is 26.4 Å². The minimum absolute atomic E-state index is 0.0731. The molecule has 29 heavy (non-hydrogen) atoms. The Balaban J connectivity index is 1.61. The molecule has 3 heterocycles. The third kappa shape index (κ3) is 3.78. The van der Waals surface area contributed by atoms with Crippen LogP contribution in [0.15, 0.2) is 65.7 Å². The Hall–Kier alpha value is -3.41. The number of hydrogen-bond donors (Lipinski definition) is 1. The summed E-state index contributed by atoms with van der Waals surface area (Å²) in [6.07, 6.45) is 4.52. The Kier molecular flexibility index (Phi) is 5.16. The number of aromatic nitrogens is 3. The molecule has 0 unspecified atom stereocenters. The number of nitrogens with zero attached hydrogens (tertiary/aromatic N) is 3. The number of benzene rings is 1. The van der Waals surface area contributed by atoms with E-state index >= 15 is 0 Å². The van der Waals surface area contributed by atoms with Gasteiger partial charge in [-0.15, -0.1) is 0 Å². The van der Waals surface area contributed by atoms with Crippen LogP contribution in [0.2, 0.25) is 0 Å². The molecule has 0 atom stereocenters. The van der Waals surface area contributed by atoms with Gasteiger partial charge in [-0.2, -0.15) is 0 Å². The third-order valence-electron chi connectivity index (χ3n) is 5.06. The van der Waals surface area contributed by atoms with E-state index in [1.165, 1.54) is 0 Å². The predicted octanol–water partition coefficient (Wildman–Crippen LogP) is 3.47. The van der Waals surface area contributed by atoms with Gasteiger partial charge in [0.15, 0.2) is 5.65 Å². The largest absolute Gasteiger partial charge is 0.352 e. The molecule has 0 saturated heterocycles. The molecule has 4 rings (SSSR count). The first-order valence-electron chi connectivity index (χ1n) is 9.86. The van der Waals surface area contributed by atoms with E-state index in [2.05, 4.69) is 24.1 Å². The highest BCUT2D eigenvalue weighted by Gasteiger charge is 2.12. The molecule has 148 valence electrons. The minimum atomic E-state index is -0.0864. The zero-order chi connectivity index (χ0) is 20.4. The normalized spacial score (nSPS) is 11.4. The molecule has 1 N–H and O–H groups in total. The number of rotatable bonds is 6. The monoisotopic (exact) mass is 388 g/mol. The number of hydrogen-bond acceptors (Lipinski definition) is 3. The molecule has 0 aliphatic rings. The van der Waals surface area contributed by atoms with Crippen molar-refractivity contribution in [2.24, 2.45) is 5.92 Å². The molecule has 1 amide bonds. The van der Waals surface area contributed by atoms with Gasteiger partial charge in [-0.05, 0) is 54.3 Å². The van der Waals surface area contributed by atoms with Gasteiger partial charge in [-0.3, -0.25) is 14.2 Å². The van der Waals surface area contributed by atoms with Gasteiger partial charge in [0.2, 0.25) is 0 Å². The summed E-state index contributed by atoms with van der Waals surface area (Å²) < 4.78 is 3.55. The quantitative estimate of drug-likeness (QED) is 0.550. The van der Waals surface area contributed by atoms with Crippen molar-refractivity contribution in [3.8, 4) is 0 Å². The molecule has 3 aromatic heterocycles. The molecule has 0 fully saturated rings. The molecule has 1 aromatic carbocycles. The molecular weight excluding hydrogens is 364 g/mol. The van der Waals surface area contributed by atoms with E-state index in [0.29, 0.717) is 35.7 Å². The fourth-order valence-corrected chi connectivity index (χ4v) is 3.45. The van der Waals surface area contributed by atoms with Crippen molar-refractivity contribution >= 4 is 22.6 Å². The number of fused-ring (bicyclic) bond motifs is 3. The van der Waals surface area contributed by atoms with Gasteiger partial charge in [0.1, 0.15) is 5.52 Å². The highest BCUT2D eigenvalue weighted by Crippen LogP contribution is 2.15. The second kappa shape index (κ2) is 7.91. The zero-order valence-corrected chi connectivity index (χ0v) is 16.6. The molecule has 0 aliphatic carbocycles. The van der Waals surface area contributed by atoms with Gasteiger partial charge >= 0.3 is 0 Å². The van der Waals surface area contributed by atoms with Crippen LogP contribution in [0, 0.1) is 5.92 Å². The Bertz CT molecular complexity index is 1220. The second-order valence-electron chi connectivity index (χ2n) is 7.64. The lowest BCUT2D eigenvalue weighted by atomic mass is 10.1. The molecule has 6 nitrogen and oxygen atoms in total. The topological polar surface area (TPSA) is 68.4 Å². The van der Waals surface area contributed by atoms with Crippen molar-refractivity contribution in [2.75, 3.05) is 6.54 Å². The van der Waals surface area contributed by atoms with Gasteiger partial charge in [0.05, 0.1) is 12.1 Å². The molecule has 0 saturated carbocycles. The predicted molar refractivity (Wildman–Crippen MR) is 114 cm³/mol. The second-order valence-corrected chi connectivity index (χ2v) is 7.64. The summed E-state index contributed by atoms with van der Waals surface area (Å²) >= 11 is 0. The van der Waals surface area contributed by atoms with Crippen molar-refractivity contribution in [3.63, 3.8) is 0 Å². The number of carbonyl (C=O) groups excluding carboxylic acids is 1. The maximum atomic E-state index is 13.0. The van der Waals surface area contributed by atoms with Crippen molar-refractivity contribution in [1.82, 2.24) is 19.3 Å². The van der Waals surface area contributed by atoms with Gasteiger partial charge in [-0.1, -0.05) is 26.0 Å². The van der Waals surface area contributed by atoms with Crippen LogP contribution in [0.1, 0.15) is 36.2 Å². The first-order valence-corrected chi connectivity index (χ1v) is 9.86. The lowest BCUT2D eigenvalue weighted by molar-refractivity contribution is 0.0952. The standard InChI is InChI=1S/C23H24N4O2/c1-16(2)11-13-25-22(28)18-9-7-17(8-10-18)15-27-21-19(5-3-12-24-21)26-14-4-6-20(26)23(27)29/h3-10,12,14,16H,11,13,15H2,1-2H3,(H,25,28). The Morgan fingerprint density at radius 3 is 2.59 bits per heavy atom.